The summed E-state index contributed by atoms with van der Waals surface area (Å²) in [5.41, 5.74) is 8.67. The lowest BCUT2D eigenvalue weighted by atomic mass is 10.1. The van der Waals surface area contributed by atoms with E-state index in [1.165, 1.54) is 12.8 Å². The van der Waals surface area contributed by atoms with E-state index in [1.807, 2.05) is 19.1 Å². The van der Waals surface area contributed by atoms with Crippen LogP contribution in [0.25, 0.3) is 0 Å². The van der Waals surface area contributed by atoms with Crippen molar-refractivity contribution in [3.8, 4) is 0 Å². The number of ether oxygens (including phenoxy) is 1. The molecule has 1 aromatic rings. The fraction of sp³-hybridized carbons (Fsp3) is 0.571. The fourth-order valence-corrected chi connectivity index (χ4v) is 2.12. The summed E-state index contributed by atoms with van der Waals surface area (Å²) < 4.78 is 5.64. The molecule has 18 heavy (non-hydrogen) atoms. The van der Waals surface area contributed by atoms with Crippen molar-refractivity contribution < 1.29 is 4.74 Å². The van der Waals surface area contributed by atoms with Gasteiger partial charge >= 0.3 is 0 Å². The summed E-state index contributed by atoms with van der Waals surface area (Å²) in [5, 5.41) is 0.612. The minimum absolute atomic E-state index is 0.612. The number of aryl methyl sites for hydroxylation is 1. The van der Waals surface area contributed by atoms with Crippen LogP contribution in [0, 0.1) is 12.8 Å². The van der Waals surface area contributed by atoms with Crippen LogP contribution in [0.1, 0.15) is 18.4 Å². The van der Waals surface area contributed by atoms with E-state index in [9.17, 15) is 0 Å². The maximum atomic E-state index is 6.06. The summed E-state index contributed by atoms with van der Waals surface area (Å²) in [6.07, 6.45) is 2.67. The summed E-state index contributed by atoms with van der Waals surface area (Å²) in [5.74, 6) is 0.822. The molecule has 0 aromatic heterocycles. The molecule has 3 nitrogen and oxygen atoms in total. The average Bonchev–Trinajstić information content (AvgIpc) is 3.13. The van der Waals surface area contributed by atoms with Crippen molar-refractivity contribution in [2.45, 2.75) is 19.8 Å². The quantitative estimate of drug-likeness (QED) is 0.636. The molecular formula is C14H21ClN2O. The van der Waals surface area contributed by atoms with Crippen molar-refractivity contribution in [1.29, 1.82) is 0 Å². The highest BCUT2D eigenvalue weighted by Crippen LogP contribution is 2.29. The number of benzene rings is 1. The van der Waals surface area contributed by atoms with Crippen LogP contribution in [0.4, 0.5) is 11.4 Å². The average molecular weight is 269 g/mol. The number of halogens is 1. The van der Waals surface area contributed by atoms with Crippen molar-refractivity contribution in [2.75, 3.05) is 37.4 Å². The van der Waals surface area contributed by atoms with Gasteiger partial charge in [0.15, 0.2) is 0 Å². The first-order valence-corrected chi connectivity index (χ1v) is 6.80. The van der Waals surface area contributed by atoms with Gasteiger partial charge in [-0.05, 0) is 43.4 Å². The van der Waals surface area contributed by atoms with Gasteiger partial charge in [0.25, 0.3) is 0 Å². The van der Waals surface area contributed by atoms with Gasteiger partial charge in [0, 0.05) is 25.9 Å². The van der Waals surface area contributed by atoms with Gasteiger partial charge in [0.05, 0.1) is 17.3 Å². The van der Waals surface area contributed by atoms with Gasteiger partial charge in [-0.25, -0.2) is 0 Å². The molecule has 1 aliphatic carbocycles. The van der Waals surface area contributed by atoms with Crippen LogP contribution in [0.5, 0.6) is 0 Å². The van der Waals surface area contributed by atoms with Crippen LogP contribution < -0.4 is 10.6 Å². The van der Waals surface area contributed by atoms with E-state index >= 15 is 0 Å². The molecule has 0 saturated heterocycles. The minimum Gasteiger partial charge on any atom is -0.398 e. The summed E-state index contributed by atoms with van der Waals surface area (Å²) in [4.78, 5) is 2.16. The highest BCUT2D eigenvalue weighted by Gasteiger charge is 2.21. The fourth-order valence-electron chi connectivity index (χ4n) is 1.96. The lowest BCUT2D eigenvalue weighted by molar-refractivity contribution is 0.131. The van der Waals surface area contributed by atoms with Gasteiger partial charge in [-0.15, -0.1) is 0 Å². The Bertz CT molecular complexity index is 419. The number of anilines is 2. The normalized spacial score (nSPS) is 14.8. The molecule has 0 heterocycles. The Labute approximate surface area is 114 Å². The number of rotatable bonds is 6. The zero-order chi connectivity index (χ0) is 13.1. The summed E-state index contributed by atoms with van der Waals surface area (Å²) in [6, 6.07) is 3.84. The van der Waals surface area contributed by atoms with E-state index in [0.717, 1.165) is 36.9 Å². The van der Waals surface area contributed by atoms with Gasteiger partial charge < -0.3 is 15.4 Å². The maximum Gasteiger partial charge on any atom is 0.0656 e. The van der Waals surface area contributed by atoms with E-state index < -0.39 is 0 Å². The first-order valence-electron chi connectivity index (χ1n) is 6.42. The van der Waals surface area contributed by atoms with E-state index in [0.29, 0.717) is 10.7 Å². The van der Waals surface area contributed by atoms with Crippen molar-refractivity contribution in [3.63, 3.8) is 0 Å². The lowest BCUT2D eigenvalue weighted by Gasteiger charge is -2.22. The van der Waals surface area contributed by atoms with Gasteiger partial charge in [-0.1, -0.05) is 11.6 Å². The molecule has 0 bridgehead atoms. The second-order valence-corrected chi connectivity index (χ2v) is 5.51. The Morgan fingerprint density at radius 3 is 2.83 bits per heavy atom. The third-order valence-corrected chi connectivity index (χ3v) is 3.68. The molecule has 1 aliphatic rings. The summed E-state index contributed by atoms with van der Waals surface area (Å²) in [6.45, 7) is 4.58. The predicted octanol–water partition coefficient (Wildman–Crippen LogP) is 3.09. The molecule has 1 fully saturated rings. The topological polar surface area (TPSA) is 38.5 Å². The van der Waals surface area contributed by atoms with Crippen LogP contribution in [-0.4, -0.2) is 26.8 Å². The van der Waals surface area contributed by atoms with Crippen molar-refractivity contribution in [2.24, 2.45) is 5.92 Å². The van der Waals surface area contributed by atoms with Crippen molar-refractivity contribution in [1.82, 2.24) is 0 Å². The Balaban J connectivity index is 1.86. The van der Waals surface area contributed by atoms with Crippen LogP contribution in [0.2, 0.25) is 5.02 Å². The number of hydrogen-bond donors (Lipinski definition) is 1. The number of nitrogens with zero attached hydrogens (tertiary/aromatic N) is 1. The smallest absolute Gasteiger partial charge is 0.0656 e. The predicted molar refractivity (Wildman–Crippen MR) is 77.4 cm³/mol. The Kier molecular flexibility index (Phi) is 4.36. The van der Waals surface area contributed by atoms with Crippen LogP contribution in [0.15, 0.2) is 12.1 Å². The third-order valence-electron chi connectivity index (χ3n) is 3.35. The first-order chi connectivity index (χ1) is 8.58. The molecule has 0 unspecified atom stereocenters. The standard InChI is InChI=1S/C14H21ClN2O/c1-10-7-13(16)12(15)8-14(10)17(2)5-6-18-9-11-3-4-11/h7-8,11H,3-6,9,16H2,1-2H3. The highest BCUT2D eigenvalue weighted by atomic mass is 35.5. The third kappa shape index (κ3) is 3.53. The Morgan fingerprint density at radius 2 is 2.17 bits per heavy atom. The summed E-state index contributed by atoms with van der Waals surface area (Å²) in [7, 11) is 2.05. The molecule has 1 saturated carbocycles. The van der Waals surface area contributed by atoms with Crippen LogP contribution in [0.3, 0.4) is 0 Å². The number of nitrogens with two attached hydrogens (primary N) is 1. The van der Waals surface area contributed by atoms with Gasteiger partial charge in [-0.3, -0.25) is 0 Å². The molecule has 2 rings (SSSR count). The highest BCUT2D eigenvalue weighted by molar-refractivity contribution is 6.33. The van der Waals surface area contributed by atoms with Gasteiger partial charge in [-0.2, -0.15) is 0 Å². The number of hydrogen-bond acceptors (Lipinski definition) is 3. The molecule has 100 valence electrons. The summed E-state index contributed by atoms with van der Waals surface area (Å²) >= 11 is 6.06. The largest absolute Gasteiger partial charge is 0.398 e. The number of likely N-dealkylation sites (N-methyl/N-ethyl adjacent to an activating group) is 1. The van der Waals surface area contributed by atoms with Crippen LogP contribution >= 0.6 is 11.6 Å². The monoisotopic (exact) mass is 268 g/mol. The second kappa shape index (κ2) is 5.81. The van der Waals surface area contributed by atoms with Crippen molar-refractivity contribution in [3.05, 3.63) is 22.7 Å². The minimum atomic E-state index is 0.612. The van der Waals surface area contributed by atoms with E-state index in [1.54, 1.807) is 0 Å². The van der Waals surface area contributed by atoms with Crippen LogP contribution in [-0.2, 0) is 4.74 Å². The van der Waals surface area contributed by atoms with Gasteiger partial charge in [0.2, 0.25) is 0 Å². The lowest BCUT2D eigenvalue weighted by Crippen LogP contribution is -2.23. The SMILES string of the molecule is Cc1cc(N)c(Cl)cc1N(C)CCOCC1CC1. The van der Waals surface area contributed by atoms with E-state index in [4.69, 9.17) is 22.1 Å². The molecule has 2 N–H and O–H groups in total. The molecule has 1 aromatic carbocycles. The zero-order valence-corrected chi connectivity index (χ0v) is 11.8. The second-order valence-electron chi connectivity index (χ2n) is 5.10. The zero-order valence-electron chi connectivity index (χ0n) is 11.1. The molecule has 0 radical (unpaired) electrons. The van der Waals surface area contributed by atoms with Gasteiger partial charge in [0.1, 0.15) is 0 Å². The maximum absolute atomic E-state index is 6.06. The van der Waals surface area contributed by atoms with Crippen molar-refractivity contribution >= 4 is 23.0 Å². The Hall–Kier alpha value is -0.930. The molecule has 4 heteroatoms. The molecule has 0 aliphatic heterocycles. The first kappa shape index (κ1) is 13.5. The molecular weight excluding hydrogens is 248 g/mol. The molecule has 0 amide bonds. The number of nitrogen functional groups attached to an aromatic ring is 1. The Morgan fingerprint density at radius 1 is 1.44 bits per heavy atom. The molecule has 0 atom stereocenters. The van der Waals surface area contributed by atoms with E-state index in [2.05, 4.69) is 11.9 Å². The van der Waals surface area contributed by atoms with E-state index in [-0.39, 0.29) is 0 Å². The molecule has 0 spiro atoms.